The Morgan fingerprint density at radius 2 is 2.20 bits per heavy atom. The minimum atomic E-state index is 0.526. The number of hydrogen-bond donors (Lipinski definition) is 1. The summed E-state index contributed by atoms with van der Waals surface area (Å²) in [6.07, 6.45) is 1.82. The molecule has 2 rings (SSSR count). The van der Waals surface area contributed by atoms with E-state index in [0.29, 0.717) is 11.3 Å². The van der Waals surface area contributed by atoms with Crippen molar-refractivity contribution in [2.24, 2.45) is 0 Å². The van der Waals surface area contributed by atoms with Crippen LogP contribution in [0.2, 0.25) is 0 Å². The molecule has 0 saturated heterocycles. The average molecular weight is 198 g/mol. The fraction of sp³-hybridized carbons (Fsp3) is 0.0909. The van der Waals surface area contributed by atoms with Gasteiger partial charge in [-0.1, -0.05) is 0 Å². The summed E-state index contributed by atoms with van der Waals surface area (Å²) < 4.78 is 1.67. The van der Waals surface area contributed by atoms with Crippen LogP contribution in [0.25, 0.3) is 5.69 Å². The van der Waals surface area contributed by atoms with Gasteiger partial charge < -0.3 is 5.73 Å². The summed E-state index contributed by atoms with van der Waals surface area (Å²) in [7, 11) is 0. The Hall–Kier alpha value is -2.28. The summed E-state index contributed by atoms with van der Waals surface area (Å²) in [6.45, 7) is 1.90. The molecule has 0 aliphatic rings. The number of nitrogens with zero attached hydrogens (tertiary/aromatic N) is 3. The summed E-state index contributed by atoms with van der Waals surface area (Å²) >= 11 is 0. The number of aryl methyl sites for hydroxylation is 1. The van der Waals surface area contributed by atoms with Gasteiger partial charge in [0.2, 0.25) is 0 Å². The van der Waals surface area contributed by atoms with Gasteiger partial charge in [-0.15, -0.1) is 0 Å². The highest BCUT2D eigenvalue weighted by atomic mass is 15.3. The number of nitrogens with two attached hydrogens (primary N) is 1. The number of benzene rings is 1. The van der Waals surface area contributed by atoms with E-state index in [9.17, 15) is 0 Å². The maximum absolute atomic E-state index is 8.96. The zero-order chi connectivity index (χ0) is 10.8. The zero-order valence-electron chi connectivity index (χ0n) is 8.31. The van der Waals surface area contributed by atoms with E-state index in [1.54, 1.807) is 22.9 Å². The van der Waals surface area contributed by atoms with Crippen molar-refractivity contribution < 1.29 is 0 Å². The first-order valence-corrected chi connectivity index (χ1v) is 4.53. The second-order valence-corrected chi connectivity index (χ2v) is 3.29. The van der Waals surface area contributed by atoms with Gasteiger partial charge in [-0.2, -0.15) is 10.4 Å². The summed E-state index contributed by atoms with van der Waals surface area (Å²) in [6, 6.07) is 9.18. The molecule has 2 N–H and O–H groups in total. The molecule has 0 aliphatic carbocycles. The van der Waals surface area contributed by atoms with E-state index in [-0.39, 0.29) is 0 Å². The van der Waals surface area contributed by atoms with Gasteiger partial charge in [0.25, 0.3) is 0 Å². The zero-order valence-corrected chi connectivity index (χ0v) is 8.31. The molecule has 0 bridgehead atoms. The fourth-order valence-electron chi connectivity index (χ4n) is 1.39. The average Bonchev–Trinajstić information content (AvgIpc) is 2.64. The monoisotopic (exact) mass is 198 g/mol. The summed E-state index contributed by atoms with van der Waals surface area (Å²) in [5.74, 6) is 0. The van der Waals surface area contributed by atoms with Crippen molar-refractivity contribution in [3.05, 3.63) is 41.7 Å². The molecule has 74 valence electrons. The summed E-state index contributed by atoms with van der Waals surface area (Å²) in [5, 5.41) is 13.2. The van der Waals surface area contributed by atoms with Crippen molar-refractivity contribution in [3.63, 3.8) is 0 Å². The van der Waals surface area contributed by atoms with E-state index in [2.05, 4.69) is 11.2 Å². The van der Waals surface area contributed by atoms with Gasteiger partial charge in [0, 0.05) is 11.9 Å². The SMILES string of the molecule is Cc1ccn(-c2ccc(N)cc2C#N)n1. The van der Waals surface area contributed by atoms with Crippen LogP contribution in [0.15, 0.2) is 30.5 Å². The van der Waals surface area contributed by atoms with Gasteiger partial charge in [-0.3, -0.25) is 0 Å². The Balaban J connectivity index is 2.58. The molecule has 15 heavy (non-hydrogen) atoms. The first kappa shape index (κ1) is 9.28. The van der Waals surface area contributed by atoms with Crippen LogP contribution in [0, 0.1) is 18.3 Å². The lowest BCUT2D eigenvalue weighted by molar-refractivity contribution is 0.860. The number of anilines is 1. The topological polar surface area (TPSA) is 67.6 Å². The van der Waals surface area contributed by atoms with Crippen molar-refractivity contribution in [2.75, 3.05) is 5.73 Å². The second-order valence-electron chi connectivity index (χ2n) is 3.29. The first-order chi connectivity index (χ1) is 7.20. The first-order valence-electron chi connectivity index (χ1n) is 4.53. The Morgan fingerprint density at radius 1 is 1.40 bits per heavy atom. The Kier molecular flexibility index (Phi) is 2.14. The third-order valence-corrected chi connectivity index (χ3v) is 2.11. The largest absolute Gasteiger partial charge is 0.399 e. The van der Waals surface area contributed by atoms with Crippen molar-refractivity contribution in [2.45, 2.75) is 6.92 Å². The van der Waals surface area contributed by atoms with Gasteiger partial charge in [0.05, 0.1) is 16.9 Å². The Morgan fingerprint density at radius 3 is 2.80 bits per heavy atom. The summed E-state index contributed by atoms with van der Waals surface area (Å²) in [4.78, 5) is 0. The molecule has 0 saturated carbocycles. The van der Waals surface area contributed by atoms with Crippen molar-refractivity contribution >= 4 is 5.69 Å². The van der Waals surface area contributed by atoms with Gasteiger partial charge in [-0.05, 0) is 31.2 Å². The molecule has 1 heterocycles. The number of nitriles is 1. The lowest BCUT2D eigenvalue weighted by atomic mass is 10.2. The molecule has 0 atom stereocenters. The maximum Gasteiger partial charge on any atom is 0.101 e. The van der Waals surface area contributed by atoms with E-state index >= 15 is 0 Å². The van der Waals surface area contributed by atoms with Crippen LogP contribution in [-0.2, 0) is 0 Å². The maximum atomic E-state index is 8.96. The lowest BCUT2D eigenvalue weighted by Gasteiger charge is -2.04. The van der Waals surface area contributed by atoms with Gasteiger partial charge in [0.15, 0.2) is 0 Å². The van der Waals surface area contributed by atoms with E-state index in [1.165, 1.54) is 0 Å². The highest BCUT2D eigenvalue weighted by Crippen LogP contribution is 2.16. The lowest BCUT2D eigenvalue weighted by Crippen LogP contribution is -1.99. The minimum Gasteiger partial charge on any atom is -0.399 e. The van der Waals surface area contributed by atoms with Gasteiger partial charge in [0.1, 0.15) is 6.07 Å². The molecule has 2 aromatic rings. The van der Waals surface area contributed by atoms with Crippen molar-refractivity contribution in [3.8, 4) is 11.8 Å². The van der Waals surface area contributed by atoms with Crippen LogP contribution in [0.1, 0.15) is 11.3 Å². The molecule has 0 unspecified atom stereocenters. The molecule has 0 amide bonds. The quantitative estimate of drug-likeness (QED) is 0.708. The van der Waals surface area contributed by atoms with E-state index in [4.69, 9.17) is 11.0 Å². The number of nitrogen functional groups attached to an aromatic ring is 1. The third-order valence-electron chi connectivity index (χ3n) is 2.11. The van der Waals surface area contributed by atoms with Crippen molar-refractivity contribution in [1.29, 1.82) is 5.26 Å². The Labute approximate surface area is 87.6 Å². The summed E-state index contributed by atoms with van der Waals surface area (Å²) in [5.41, 5.74) is 8.38. The molecule has 0 fully saturated rings. The smallest absolute Gasteiger partial charge is 0.101 e. The van der Waals surface area contributed by atoms with Crippen LogP contribution in [-0.4, -0.2) is 9.78 Å². The molecule has 0 aliphatic heterocycles. The second kappa shape index (κ2) is 3.46. The standard InChI is InChI=1S/C11H10N4/c1-8-4-5-15(14-8)11-3-2-10(13)6-9(11)7-12/h2-6H,13H2,1H3. The van der Waals surface area contributed by atoms with Crippen LogP contribution in [0.5, 0.6) is 0 Å². The molecule has 1 aromatic heterocycles. The normalized spacial score (nSPS) is 9.87. The molecule has 1 aromatic carbocycles. The fourth-order valence-corrected chi connectivity index (χ4v) is 1.39. The van der Waals surface area contributed by atoms with Crippen LogP contribution >= 0.6 is 0 Å². The Bertz CT molecular complexity index is 534. The minimum absolute atomic E-state index is 0.526. The van der Waals surface area contributed by atoms with Crippen LogP contribution < -0.4 is 5.73 Å². The molecule has 4 heteroatoms. The number of hydrogen-bond acceptors (Lipinski definition) is 3. The molecular formula is C11H10N4. The van der Waals surface area contributed by atoms with Gasteiger partial charge in [-0.25, -0.2) is 4.68 Å². The third kappa shape index (κ3) is 1.67. The van der Waals surface area contributed by atoms with E-state index < -0.39 is 0 Å². The highest BCUT2D eigenvalue weighted by molar-refractivity contribution is 5.56. The predicted molar refractivity (Wildman–Crippen MR) is 57.4 cm³/mol. The molecule has 0 radical (unpaired) electrons. The molecular weight excluding hydrogens is 188 g/mol. The number of rotatable bonds is 1. The van der Waals surface area contributed by atoms with Crippen molar-refractivity contribution in [1.82, 2.24) is 9.78 Å². The molecule has 0 spiro atoms. The van der Waals surface area contributed by atoms with Crippen LogP contribution in [0.4, 0.5) is 5.69 Å². The predicted octanol–water partition coefficient (Wildman–Crippen LogP) is 1.63. The number of aromatic nitrogens is 2. The van der Waals surface area contributed by atoms with Gasteiger partial charge >= 0.3 is 0 Å². The molecule has 4 nitrogen and oxygen atoms in total. The van der Waals surface area contributed by atoms with E-state index in [0.717, 1.165) is 11.4 Å². The highest BCUT2D eigenvalue weighted by Gasteiger charge is 2.05. The van der Waals surface area contributed by atoms with E-state index in [1.807, 2.05) is 19.2 Å². The van der Waals surface area contributed by atoms with Crippen LogP contribution in [0.3, 0.4) is 0 Å².